The molecule has 2 rings (SSSR count). The fourth-order valence-corrected chi connectivity index (χ4v) is 2.08. The van der Waals surface area contributed by atoms with E-state index >= 15 is 0 Å². The second kappa shape index (κ2) is 3.92. The van der Waals surface area contributed by atoms with Gasteiger partial charge in [-0.3, -0.25) is 0 Å². The highest BCUT2D eigenvalue weighted by Crippen LogP contribution is 2.22. The Bertz CT molecular complexity index is 500. The Morgan fingerprint density at radius 3 is 2.81 bits per heavy atom. The Hall–Kier alpha value is -1.32. The van der Waals surface area contributed by atoms with E-state index in [0.717, 1.165) is 0 Å². The lowest BCUT2D eigenvalue weighted by Crippen LogP contribution is -2.42. The van der Waals surface area contributed by atoms with Crippen LogP contribution in [0.25, 0.3) is 10.9 Å². The van der Waals surface area contributed by atoms with Crippen LogP contribution in [-0.4, -0.2) is 21.8 Å². The second-order valence-electron chi connectivity index (χ2n) is 4.77. The molecule has 3 nitrogen and oxygen atoms in total. The van der Waals surface area contributed by atoms with Crippen LogP contribution in [0.2, 0.25) is 0 Å². The standard InChI is InChI=1S/C13H18N2O/c1-13(14,9-16)8-11-5-3-4-10-6-7-15(2)12(10)11/h3-7,16H,8-9,14H2,1-2H3. The first-order valence-corrected chi connectivity index (χ1v) is 5.46. The van der Waals surface area contributed by atoms with E-state index in [9.17, 15) is 5.11 Å². The van der Waals surface area contributed by atoms with Crippen molar-refractivity contribution in [3.8, 4) is 0 Å². The molecule has 3 N–H and O–H groups in total. The van der Waals surface area contributed by atoms with Crippen LogP contribution in [0.1, 0.15) is 12.5 Å². The number of aliphatic hydroxyl groups excluding tert-OH is 1. The van der Waals surface area contributed by atoms with Crippen molar-refractivity contribution < 1.29 is 5.11 Å². The minimum absolute atomic E-state index is 0.00614. The Kier molecular flexibility index (Phi) is 2.74. The highest BCUT2D eigenvalue weighted by Gasteiger charge is 2.19. The van der Waals surface area contributed by atoms with Gasteiger partial charge in [-0.25, -0.2) is 0 Å². The van der Waals surface area contributed by atoms with Crippen molar-refractivity contribution in [1.82, 2.24) is 4.57 Å². The van der Waals surface area contributed by atoms with Gasteiger partial charge in [0.05, 0.1) is 12.1 Å². The number of nitrogens with zero attached hydrogens (tertiary/aromatic N) is 1. The minimum Gasteiger partial charge on any atom is -0.394 e. The summed E-state index contributed by atoms with van der Waals surface area (Å²) >= 11 is 0. The van der Waals surface area contributed by atoms with Crippen molar-refractivity contribution >= 4 is 10.9 Å². The van der Waals surface area contributed by atoms with E-state index < -0.39 is 5.54 Å². The number of aryl methyl sites for hydroxylation is 1. The maximum absolute atomic E-state index is 9.22. The van der Waals surface area contributed by atoms with Gasteiger partial charge >= 0.3 is 0 Å². The van der Waals surface area contributed by atoms with Crippen LogP contribution in [0.5, 0.6) is 0 Å². The molecule has 1 unspecified atom stereocenters. The van der Waals surface area contributed by atoms with Crippen LogP contribution in [0.15, 0.2) is 30.5 Å². The van der Waals surface area contributed by atoms with E-state index in [1.54, 1.807) is 0 Å². The Morgan fingerprint density at radius 1 is 1.38 bits per heavy atom. The molecule has 1 heterocycles. The van der Waals surface area contributed by atoms with Gasteiger partial charge in [0.1, 0.15) is 0 Å². The summed E-state index contributed by atoms with van der Waals surface area (Å²) in [5.74, 6) is 0. The summed E-state index contributed by atoms with van der Waals surface area (Å²) in [6.07, 6.45) is 2.72. The normalized spacial score (nSPS) is 15.2. The Balaban J connectivity index is 2.48. The van der Waals surface area contributed by atoms with E-state index in [0.29, 0.717) is 6.42 Å². The maximum Gasteiger partial charge on any atom is 0.0611 e. The van der Waals surface area contributed by atoms with Crippen LogP contribution in [0, 0.1) is 0 Å². The summed E-state index contributed by atoms with van der Waals surface area (Å²) in [6, 6.07) is 8.28. The maximum atomic E-state index is 9.22. The summed E-state index contributed by atoms with van der Waals surface area (Å²) in [5.41, 5.74) is 7.83. The molecule has 3 heteroatoms. The molecule has 0 fully saturated rings. The summed E-state index contributed by atoms with van der Waals surface area (Å²) in [5, 5.41) is 10.4. The number of para-hydroxylation sites is 1. The first-order chi connectivity index (χ1) is 7.53. The first-order valence-electron chi connectivity index (χ1n) is 5.46. The average Bonchev–Trinajstić information content (AvgIpc) is 2.61. The number of benzene rings is 1. The summed E-state index contributed by atoms with van der Waals surface area (Å²) in [6.45, 7) is 1.86. The fourth-order valence-electron chi connectivity index (χ4n) is 2.08. The van der Waals surface area contributed by atoms with Crippen LogP contribution < -0.4 is 5.73 Å². The highest BCUT2D eigenvalue weighted by atomic mass is 16.3. The highest BCUT2D eigenvalue weighted by molar-refractivity contribution is 5.83. The molecule has 0 aliphatic heterocycles. The zero-order valence-corrected chi connectivity index (χ0v) is 9.77. The predicted molar refractivity (Wildman–Crippen MR) is 66.3 cm³/mol. The van der Waals surface area contributed by atoms with Gasteiger partial charge in [0.15, 0.2) is 0 Å². The van der Waals surface area contributed by atoms with E-state index in [2.05, 4.69) is 22.8 Å². The molecule has 16 heavy (non-hydrogen) atoms. The third kappa shape index (κ3) is 1.96. The lowest BCUT2D eigenvalue weighted by Gasteiger charge is -2.22. The van der Waals surface area contributed by atoms with Crippen molar-refractivity contribution in [2.45, 2.75) is 18.9 Å². The van der Waals surface area contributed by atoms with Crippen LogP contribution in [-0.2, 0) is 13.5 Å². The third-order valence-corrected chi connectivity index (χ3v) is 2.94. The number of hydrogen-bond donors (Lipinski definition) is 2. The molecule has 0 saturated carbocycles. The monoisotopic (exact) mass is 218 g/mol. The molecule has 0 amide bonds. The largest absolute Gasteiger partial charge is 0.394 e. The molecule has 1 aromatic carbocycles. The van der Waals surface area contributed by atoms with Gasteiger partial charge in [-0.1, -0.05) is 18.2 Å². The molecule has 0 spiro atoms. The smallest absolute Gasteiger partial charge is 0.0611 e. The summed E-state index contributed by atoms with van der Waals surface area (Å²) < 4.78 is 2.10. The third-order valence-electron chi connectivity index (χ3n) is 2.94. The zero-order chi connectivity index (χ0) is 11.8. The Morgan fingerprint density at radius 2 is 2.12 bits per heavy atom. The SMILES string of the molecule is Cn1ccc2cccc(CC(C)(N)CO)c21. The molecule has 2 aromatic rings. The number of rotatable bonds is 3. The van der Waals surface area contributed by atoms with Gasteiger partial charge in [-0.05, 0) is 30.4 Å². The van der Waals surface area contributed by atoms with E-state index in [-0.39, 0.29) is 6.61 Å². The van der Waals surface area contributed by atoms with Crippen molar-refractivity contribution in [2.75, 3.05) is 6.61 Å². The molecule has 86 valence electrons. The minimum atomic E-state index is -0.557. The fraction of sp³-hybridized carbons (Fsp3) is 0.385. The molecule has 1 atom stereocenters. The molecule has 1 aromatic heterocycles. The summed E-state index contributed by atoms with van der Waals surface area (Å²) in [4.78, 5) is 0. The average molecular weight is 218 g/mol. The predicted octanol–water partition coefficient (Wildman–Crippen LogP) is 1.43. The van der Waals surface area contributed by atoms with Crippen LogP contribution >= 0.6 is 0 Å². The van der Waals surface area contributed by atoms with Gasteiger partial charge in [0, 0.05) is 18.8 Å². The first kappa shape index (κ1) is 11.2. The summed E-state index contributed by atoms with van der Waals surface area (Å²) in [7, 11) is 2.03. The number of hydrogen-bond acceptors (Lipinski definition) is 2. The van der Waals surface area contributed by atoms with Crippen molar-refractivity contribution in [3.63, 3.8) is 0 Å². The molecular weight excluding hydrogens is 200 g/mol. The molecule has 0 aliphatic rings. The van der Waals surface area contributed by atoms with E-state index in [4.69, 9.17) is 5.73 Å². The quantitative estimate of drug-likeness (QED) is 0.819. The number of fused-ring (bicyclic) bond motifs is 1. The van der Waals surface area contributed by atoms with Gasteiger partial charge in [-0.2, -0.15) is 0 Å². The number of nitrogens with two attached hydrogens (primary N) is 1. The molecule has 0 bridgehead atoms. The molecular formula is C13H18N2O. The number of aromatic nitrogens is 1. The molecule has 0 radical (unpaired) electrons. The van der Waals surface area contributed by atoms with Crippen LogP contribution in [0.3, 0.4) is 0 Å². The van der Waals surface area contributed by atoms with Gasteiger partial charge < -0.3 is 15.4 Å². The molecule has 0 saturated heterocycles. The van der Waals surface area contributed by atoms with Crippen molar-refractivity contribution in [3.05, 3.63) is 36.0 Å². The van der Waals surface area contributed by atoms with Crippen molar-refractivity contribution in [1.29, 1.82) is 0 Å². The topological polar surface area (TPSA) is 51.2 Å². The zero-order valence-electron chi connectivity index (χ0n) is 9.77. The van der Waals surface area contributed by atoms with E-state index in [1.807, 2.05) is 26.2 Å². The lowest BCUT2D eigenvalue weighted by atomic mass is 9.94. The second-order valence-corrected chi connectivity index (χ2v) is 4.77. The number of aliphatic hydroxyl groups is 1. The lowest BCUT2D eigenvalue weighted by molar-refractivity contribution is 0.208. The van der Waals surface area contributed by atoms with Crippen LogP contribution in [0.4, 0.5) is 0 Å². The van der Waals surface area contributed by atoms with E-state index in [1.165, 1.54) is 16.5 Å². The van der Waals surface area contributed by atoms with Gasteiger partial charge in [0.2, 0.25) is 0 Å². The van der Waals surface area contributed by atoms with Crippen molar-refractivity contribution in [2.24, 2.45) is 12.8 Å². The van der Waals surface area contributed by atoms with Gasteiger partial charge in [0.25, 0.3) is 0 Å². The molecule has 0 aliphatic carbocycles. The van der Waals surface area contributed by atoms with Gasteiger partial charge in [-0.15, -0.1) is 0 Å². The Labute approximate surface area is 95.5 Å².